The van der Waals surface area contributed by atoms with Crippen LogP contribution in [-0.2, 0) is 11.2 Å². The third-order valence-electron chi connectivity index (χ3n) is 6.12. The van der Waals surface area contributed by atoms with Crippen molar-refractivity contribution in [3.8, 4) is 0 Å². The smallest absolute Gasteiger partial charge is 0.174 e. The summed E-state index contributed by atoms with van der Waals surface area (Å²) in [7, 11) is 0. The average Bonchev–Trinajstić information content (AvgIpc) is 3.28. The highest BCUT2D eigenvalue weighted by Crippen LogP contribution is 2.34. The quantitative estimate of drug-likeness (QED) is 0.617. The molecule has 168 valence electrons. The Morgan fingerprint density at radius 3 is 2.64 bits per heavy atom. The molecule has 2 aliphatic rings. The van der Waals surface area contributed by atoms with Gasteiger partial charge < -0.3 is 15.0 Å². The lowest BCUT2D eigenvalue weighted by molar-refractivity contribution is 0.122. The monoisotopic (exact) mass is 443 g/mol. The van der Waals surface area contributed by atoms with Crippen molar-refractivity contribution in [2.24, 2.45) is 0 Å². The van der Waals surface area contributed by atoms with Crippen LogP contribution in [0.3, 0.4) is 0 Å². The number of morpholine rings is 1. The van der Waals surface area contributed by atoms with Gasteiger partial charge in [0.15, 0.2) is 5.82 Å². The second kappa shape index (κ2) is 9.11. The molecule has 1 atom stereocenters. The molecule has 0 unspecified atom stereocenters. The minimum Gasteiger partial charge on any atom is -0.378 e. The molecule has 1 fully saturated rings. The van der Waals surface area contributed by atoms with Crippen LogP contribution in [0.4, 0.5) is 10.1 Å². The van der Waals surface area contributed by atoms with Gasteiger partial charge in [0.1, 0.15) is 5.82 Å². The minimum atomic E-state index is -0.254. The highest BCUT2D eigenvalue weighted by Gasteiger charge is 2.21. The van der Waals surface area contributed by atoms with Crippen LogP contribution in [0.5, 0.6) is 0 Å². The molecule has 0 saturated carbocycles. The van der Waals surface area contributed by atoms with Gasteiger partial charge in [0.2, 0.25) is 0 Å². The number of hydrogen-bond acceptors (Lipinski definition) is 6. The molecule has 1 saturated heterocycles. The van der Waals surface area contributed by atoms with Gasteiger partial charge in [-0.3, -0.25) is 4.98 Å². The van der Waals surface area contributed by atoms with Gasteiger partial charge in [-0.15, -0.1) is 0 Å². The Hall–Kier alpha value is -3.58. The number of nitrogens with zero attached hydrogens (tertiary/aromatic N) is 4. The molecular weight excluding hydrogens is 417 g/mol. The molecule has 5 rings (SSSR count). The number of rotatable bonds is 6. The zero-order valence-electron chi connectivity index (χ0n) is 18.6. The Kier molecular flexibility index (Phi) is 5.88. The van der Waals surface area contributed by atoms with Crippen LogP contribution in [0.2, 0.25) is 0 Å². The number of allylic oxidation sites excluding steroid dienone is 1. The van der Waals surface area contributed by atoms with Crippen molar-refractivity contribution in [3.63, 3.8) is 0 Å². The van der Waals surface area contributed by atoms with Crippen molar-refractivity contribution in [2.75, 3.05) is 31.2 Å². The second-order valence-electron chi connectivity index (χ2n) is 8.27. The zero-order chi connectivity index (χ0) is 22.8. The van der Waals surface area contributed by atoms with Crippen molar-refractivity contribution in [3.05, 3.63) is 95.6 Å². The molecule has 1 aliphatic carbocycles. The summed E-state index contributed by atoms with van der Waals surface area (Å²) in [5.41, 5.74) is 6.46. The number of nitrogens with one attached hydrogen (secondary N) is 1. The van der Waals surface area contributed by atoms with Crippen LogP contribution in [-0.4, -0.2) is 41.3 Å². The van der Waals surface area contributed by atoms with Crippen LogP contribution in [0.25, 0.3) is 11.3 Å². The lowest BCUT2D eigenvalue weighted by Gasteiger charge is -2.29. The van der Waals surface area contributed by atoms with Crippen molar-refractivity contribution in [1.82, 2.24) is 20.3 Å². The lowest BCUT2D eigenvalue weighted by Crippen LogP contribution is -2.36. The minimum absolute atomic E-state index is 0.251. The van der Waals surface area contributed by atoms with Crippen molar-refractivity contribution in [2.45, 2.75) is 19.4 Å². The van der Waals surface area contributed by atoms with E-state index in [0.29, 0.717) is 17.1 Å². The number of pyridine rings is 1. The Bertz CT molecular complexity index is 1200. The van der Waals surface area contributed by atoms with Crippen molar-refractivity contribution in [1.29, 1.82) is 0 Å². The lowest BCUT2D eigenvalue weighted by atomic mass is 10.0. The molecule has 1 aromatic carbocycles. The Morgan fingerprint density at radius 2 is 1.88 bits per heavy atom. The van der Waals surface area contributed by atoms with E-state index in [4.69, 9.17) is 9.72 Å². The summed E-state index contributed by atoms with van der Waals surface area (Å²) in [4.78, 5) is 16.0. The predicted molar refractivity (Wildman–Crippen MR) is 127 cm³/mol. The fourth-order valence-corrected chi connectivity index (χ4v) is 4.31. The van der Waals surface area contributed by atoms with Gasteiger partial charge in [-0.1, -0.05) is 30.9 Å². The van der Waals surface area contributed by atoms with E-state index in [1.165, 1.54) is 6.07 Å². The van der Waals surface area contributed by atoms with Crippen LogP contribution < -0.4 is 10.2 Å². The van der Waals surface area contributed by atoms with Gasteiger partial charge in [0.25, 0.3) is 0 Å². The topological polar surface area (TPSA) is 63.2 Å². The number of hydrogen-bond donors (Lipinski definition) is 1. The molecule has 3 heterocycles. The molecule has 0 bridgehead atoms. The van der Waals surface area contributed by atoms with Crippen LogP contribution in [0.1, 0.15) is 41.2 Å². The normalized spacial score (nSPS) is 16.2. The van der Waals surface area contributed by atoms with Gasteiger partial charge >= 0.3 is 0 Å². The SMILES string of the molecule is C=C(N[C@@H](C)c1ccccc1F)c1ncc(C2=CCc3ncc(N4CCOCC4)cc32)cn1. The van der Waals surface area contributed by atoms with E-state index >= 15 is 0 Å². The Labute approximate surface area is 192 Å². The van der Waals surface area contributed by atoms with E-state index in [9.17, 15) is 4.39 Å². The van der Waals surface area contributed by atoms with Crippen molar-refractivity contribution >= 4 is 17.0 Å². The van der Waals surface area contributed by atoms with Crippen LogP contribution in [0, 0.1) is 5.82 Å². The fraction of sp³-hybridized carbons (Fsp3) is 0.269. The highest BCUT2D eigenvalue weighted by molar-refractivity contribution is 5.84. The van der Waals surface area contributed by atoms with E-state index in [-0.39, 0.29) is 11.9 Å². The van der Waals surface area contributed by atoms with Gasteiger partial charge in [0.05, 0.1) is 42.5 Å². The third kappa shape index (κ3) is 4.36. The number of anilines is 1. The Morgan fingerprint density at radius 1 is 1.12 bits per heavy atom. The first-order valence-corrected chi connectivity index (χ1v) is 11.1. The second-order valence-corrected chi connectivity index (χ2v) is 8.27. The molecule has 33 heavy (non-hydrogen) atoms. The summed E-state index contributed by atoms with van der Waals surface area (Å²) in [6, 6.07) is 8.66. The molecule has 1 aliphatic heterocycles. The van der Waals surface area contributed by atoms with Gasteiger partial charge in [-0.2, -0.15) is 0 Å². The predicted octanol–water partition coefficient (Wildman–Crippen LogP) is 4.16. The van der Waals surface area contributed by atoms with Gasteiger partial charge in [0, 0.05) is 48.6 Å². The molecule has 0 radical (unpaired) electrons. The summed E-state index contributed by atoms with van der Waals surface area (Å²) in [6.45, 7) is 9.16. The molecule has 1 N–H and O–H groups in total. The van der Waals surface area contributed by atoms with Gasteiger partial charge in [-0.05, 0) is 24.6 Å². The molecule has 7 heteroatoms. The highest BCUT2D eigenvalue weighted by atomic mass is 19.1. The molecular formula is C26H26FN5O. The number of ether oxygens (including phenoxy) is 1. The maximum Gasteiger partial charge on any atom is 0.174 e. The van der Waals surface area contributed by atoms with Crippen molar-refractivity contribution < 1.29 is 9.13 Å². The molecule has 0 amide bonds. The number of benzene rings is 1. The Balaban J connectivity index is 1.31. The fourth-order valence-electron chi connectivity index (χ4n) is 4.31. The standard InChI is InChI=1S/C26H26FN5O/c1-17(21-5-3-4-6-24(21)27)31-18(2)26-29-14-19(15-30-26)22-7-8-25-23(22)13-20(16-28-25)32-9-11-33-12-10-32/h3-7,13-17,31H,2,8-12H2,1H3/t17-/m0/s1. The van der Waals surface area contributed by atoms with E-state index in [0.717, 1.165) is 60.8 Å². The first-order chi connectivity index (χ1) is 16.1. The number of fused-ring (bicyclic) bond motifs is 1. The maximum atomic E-state index is 14.1. The molecule has 0 spiro atoms. The molecule has 2 aromatic heterocycles. The first kappa shape index (κ1) is 21.3. The largest absolute Gasteiger partial charge is 0.378 e. The molecule has 3 aromatic rings. The van der Waals surface area contributed by atoms with E-state index < -0.39 is 0 Å². The average molecular weight is 444 g/mol. The van der Waals surface area contributed by atoms with Crippen LogP contribution >= 0.6 is 0 Å². The number of aromatic nitrogens is 3. The summed E-state index contributed by atoms with van der Waals surface area (Å²) in [5, 5.41) is 3.20. The van der Waals surface area contributed by atoms with E-state index in [2.05, 4.69) is 38.9 Å². The third-order valence-corrected chi connectivity index (χ3v) is 6.12. The summed E-state index contributed by atoms with van der Waals surface area (Å²) in [5.74, 6) is 0.236. The maximum absolute atomic E-state index is 14.1. The molecule has 6 nitrogen and oxygen atoms in total. The van der Waals surface area contributed by atoms with Gasteiger partial charge in [-0.25, -0.2) is 14.4 Å². The summed E-state index contributed by atoms with van der Waals surface area (Å²) in [6.07, 6.45) is 8.54. The summed E-state index contributed by atoms with van der Waals surface area (Å²) >= 11 is 0. The van der Waals surface area contributed by atoms with Crippen LogP contribution in [0.15, 0.2) is 61.6 Å². The first-order valence-electron chi connectivity index (χ1n) is 11.1. The van der Waals surface area contributed by atoms with E-state index in [1.807, 2.05) is 31.6 Å². The van der Waals surface area contributed by atoms with E-state index in [1.54, 1.807) is 12.1 Å². The number of halogens is 1. The summed E-state index contributed by atoms with van der Waals surface area (Å²) < 4.78 is 19.5. The zero-order valence-corrected chi connectivity index (χ0v) is 18.6.